The van der Waals surface area contributed by atoms with E-state index >= 15 is 0 Å². The standard InChI is InChI=1S/C23H29Cl2NO4S2/c1-2-3-4-5-6-10-30-22-20(24)13-17(14-21(22)25)23(27)26(15-19-8-7-11-31-19)18-9-12-32(28,29)16-18/h7-8,11,13-14,18H,2-6,9-10,12,15-16H2,1H3. The number of carbonyl (C=O) groups is 1. The topological polar surface area (TPSA) is 63.7 Å². The fourth-order valence-corrected chi connectivity index (χ4v) is 6.85. The summed E-state index contributed by atoms with van der Waals surface area (Å²) in [5, 5.41) is 2.50. The van der Waals surface area contributed by atoms with Crippen LogP contribution in [-0.4, -0.2) is 43.4 Å². The molecule has 32 heavy (non-hydrogen) atoms. The molecule has 5 nitrogen and oxygen atoms in total. The van der Waals surface area contributed by atoms with Crippen molar-refractivity contribution in [2.45, 2.75) is 58.0 Å². The van der Waals surface area contributed by atoms with Crippen molar-refractivity contribution in [1.29, 1.82) is 0 Å². The van der Waals surface area contributed by atoms with Crippen LogP contribution in [0.1, 0.15) is 60.7 Å². The van der Waals surface area contributed by atoms with E-state index in [2.05, 4.69) is 6.92 Å². The molecular formula is C23H29Cl2NO4S2. The number of ether oxygens (including phenoxy) is 1. The van der Waals surface area contributed by atoms with Gasteiger partial charge in [0.2, 0.25) is 0 Å². The lowest BCUT2D eigenvalue weighted by Gasteiger charge is -2.28. The Kier molecular flexibility index (Phi) is 9.29. The summed E-state index contributed by atoms with van der Waals surface area (Å²) in [5.74, 6) is 0.174. The van der Waals surface area contributed by atoms with Gasteiger partial charge in [-0.3, -0.25) is 4.79 Å². The summed E-state index contributed by atoms with van der Waals surface area (Å²) >= 11 is 14.4. The summed E-state index contributed by atoms with van der Waals surface area (Å²) in [6.07, 6.45) is 6.00. The Labute approximate surface area is 204 Å². The Balaban J connectivity index is 1.74. The first-order valence-electron chi connectivity index (χ1n) is 11.0. The van der Waals surface area contributed by atoms with Crippen molar-refractivity contribution >= 4 is 50.3 Å². The number of sulfone groups is 1. The van der Waals surface area contributed by atoms with Crippen molar-refractivity contribution < 1.29 is 17.9 Å². The molecule has 1 unspecified atom stereocenters. The molecule has 2 heterocycles. The van der Waals surface area contributed by atoms with Crippen molar-refractivity contribution in [3.8, 4) is 5.75 Å². The van der Waals surface area contributed by atoms with Crippen LogP contribution in [0.2, 0.25) is 10.0 Å². The second-order valence-corrected chi connectivity index (χ2v) is 12.2. The molecule has 1 aromatic carbocycles. The lowest BCUT2D eigenvalue weighted by molar-refractivity contribution is 0.0683. The largest absolute Gasteiger partial charge is 0.490 e. The molecule has 0 aliphatic carbocycles. The average Bonchev–Trinajstić information content (AvgIpc) is 3.38. The average molecular weight is 519 g/mol. The highest BCUT2D eigenvalue weighted by atomic mass is 35.5. The third-order valence-electron chi connectivity index (χ3n) is 5.56. The van der Waals surface area contributed by atoms with Crippen molar-refractivity contribution in [2.24, 2.45) is 0 Å². The van der Waals surface area contributed by atoms with E-state index in [9.17, 15) is 13.2 Å². The van der Waals surface area contributed by atoms with Crippen molar-refractivity contribution in [3.05, 3.63) is 50.1 Å². The Morgan fingerprint density at radius 3 is 2.50 bits per heavy atom. The smallest absolute Gasteiger partial charge is 0.254 e. The van der Waals surface area contributed by atoms with E-state index in [0.717, 1.165) is 17.7 Å². The normalized spacial score (nSPS) is 17.4. The second kappa shape index (κ2) is 11.7. The van der Waals surface area contributed by atoms with Crippen molar-refractivity contribution in [3.63, 3.8) is 0 Å². The molecule has 0 saturated carbocycles. The van der Waals surface area contributed by atoms with Gasteiger partial charge in [0.1, 0.15) is 0 Å². The molecule has 0 radical (unpaired) electrons. The SMILES string of the molecule is CCCCCCCOc1c(Cl)cc(C(=O)N(Cc2cccs2)C2CCS(=O)(=O)C2)cc1Cl. The zero-order valence-corrected chi connectivity index (χ0v) is 21.3. The van der Waals surface area contributed by atoms with Gasteiger partial charge in [-0.15, -0.1) is 11.3 Å². The molecular weight excluding hydrogens is 489 g/mol. The van der Waals surface area contributed by atoms with Gasteiger partial charge in [0, 0.05) is 16.5 Å². The molecule has 3 rings (SSSR count). The zero-order valence-electron chi connectivity index (χ0n) is 18.2. The zero-order chi connectivity index (χ0) is 23.1. The maximum atomic E-state index is 13.4. The van der Waals surface area contributed by atoms with Gasteiger partial charge < -0.3 is 9.64 Å². The summed E-state index contributed by atoms with van der Waals surface area (Å²) in [5.41, 5.74) is 0.330. The quantitative estimate of drug-likeness (QED) is 0.331. The molecule has 9 heteroatoms. The highest BCUT2D eigenvalue weighted by molar-refractivity contribution is 7.91. The van der Waals surface area contributed by atoms with Crippen LogP contribution in [0, 0.1) is 0 Å². The number of benzene rings is 1. The van der Waals surface area contributed by atoms with Crippen LogP contribution in [0.15, 0.2) is 29.6 Å². The molecule has 0 spiro atoms. The minimum Gasteiger partial charge on any atom is -0.490 e. The van der Waals surface area contributed by atoms with Gasteiger partial charge in [-0.25, -0.2) is 8.42 Å². The van der Waals surface area contributed by atoms with Gasteiger partial charge in [-0.05, 0) is 36.4 Å². The molecule has 1 aliphatic heterocycles. The Bertz CT molecular complexity index is 986. The molecule has 0 N–H and O–H groups in total. The van der Waals surface area contributed by atoms with Gasteiger partial charge in [0.25, 0.3) is 5.91 Å². The van der Waals surface area contributed by atoms with Crippen LogP contribution < -0.4 is 4.74 Å². The van der Waals surface area contributed by atoms with Gasteiger partial charge in [0.05, 0.1) is 34.7 Å². The maximum absolute atomic E-state index is 13.4. The molecule has 176 valence electrons. The second-order valence-electron chi connectivity index (χ2n) is 8.10. The van der Waals surface area contributed by atoms with Crippen LogP contribution in [0.3, 0.4) is 0 Å². The Morgan fingerprint density at radius 1 is 1.19 bits per heavy atom. The van der Waals surface area contributed by atoms with Gasteiger partial charge in [0.15, 0.2) is 15.6 Å². The predicted molar refractivity (Wildman–Crippen MR) is 132 cm³/mol. The first kappa shape index (κ1) is 25.3. The lowest BCUT2D eigenvalue weighted by Crippen LogP contribution is -2.40. The number of hydrogen-bond acceptors (Lipinski definition) is 5. The fourth-order valence-electron chi connectivity index (χ4n) is 3.83. The van der Waals surface area contributed by atoms with Gasteiger partial charge in [-0.2, -0.15) is 0 Å². The third-order valence-corrected chi connectivity index (χ3v) is 8.73. The first-order chi connectivity index (χ1) is 15.3. The Hall–Kier alpha value is -1.28. The minimum absolute atomic E-state index is 0.0230. The highest BCUT2D eigenvalue weighted by Gasteiger charge is 2.35. The number of hydrogen-bond donors (Lipinski definition) is 0. The number of rotatable bonds is 11. The lowest BCUT2D eigenvalue weighted by atomic mass is 10.1. The summed E-state index contributed by atoms with van der Waals surface area (Å²) in [6.45, 7) is 3.04. The predicted octanol–water partition coefficient (Wildman–Crippen LogP) is 6.23. The van der Waals surface area contributed by atoms with E-state index < -0.39 is 9.84 Å². The van der Waals surface area contributed by atoms with Gasteiger partial charge >= 0.3 is 0 Å². The number of halogens is 2. The van der Waals surface area contributed by atoms with E-state index in [-0.39, 0.29) is 33.5 Å². The van der Waals surface area contributed by atoms with Crippen LogP contribution in [0.25, 0.3) is 0 Å². The van der Waals surface area contributed by atoms with E-state index in [1.54, 1.807) is 17.0 Å². The number of nitrogens with zero attached hydrogens (tertiary/aromatic N) is 1. The molecule has 1 amide bonds. The van der Waals surface area contributed by atoms with E-state index in [4.69, 9.17) is 27.9 Å². The molecule has 1 aromatic heterocycles. The number of carbonyl (C=O) groups excluding carboxylic acids is 1. The fraction of sp³-hybridized carbons (Fsp3) is 0.522. The number of amides is 1. The van der Waals surface area contributed by atoms with Crippen molar-refractivity contribution in [2.75, 3.05) is 18.1 Å². The summed E-state index contributed by atoms with van der Waals surface area (Å²) in [7, 11) is -3.14. The van der Waals surface area contributed by atoms with E-state index in [1.165, 1.54) is 30.6 Å². The molecule has 0 bridgehead atoms. The van der Waals surface area contributed by atoms with Crippen LogP contribution in [-0.2, 0) is 16.4 Å². The summed E-state index contributed by atoms with van der Waals surface area (Å²) in [4.78, 5) is 16.0. The Morgan fingerprint density at radius 2 is 1.91 bits per heavy atom. The highest BCUT2D eigenvalue weighted by Crippen LogP contribution is 2.35. The van der Waals surface area contributed by atoms with Crippen LogP contribution in [0.4, 0.5) is 0 Å². The van der Waals surface area contributed by atoms with E-state index in [1.807, 2.05) is 17.5 Å². The third kappa shape index (κ3) is 6.86. The summed E-state index contributed by atoms with van der Waals surface area (Å²) < 4.78 is 29.9. The molecule has 1 aliphatic rings. The molecule has 1 saturated heterocycles. The number of thiophene rings is 1. The first-order valence-corrected chi connectivity index (χ1v) is 14.4. The van der Waals surface area contributed by atoms with Gasteiger partial charge in [-0.1, -0.05) is 61.9 Å². The monoisotopic (exact) mass is 517 g/mol. The van der Waals surface area contributed by atoms with E-state index in [0.29, 0.717) is 30.9 Å². The molecule has 1 fully saturated rings. The molecule has 2 aromatic rings. The van der Waals surface area contributed by atoms with Crippen LogP contribution in [0.5, 0.6) is 5.75 Å². The van der Waals surface area contributed by atoms with Crippen molar-refractivity contribution in [1.82, 2.24) is 4.90 Å². The number of unbranched alkanes of at least 4 members (excludes halogenated alkanes) is 4. The van der Waals surface area contributed by atoms with Crippen LogP contribution >= 0.6 is 34.5 Å². The maximum Gasteiger partial charge on any atom is 0.254 e. The molecule has 1 atom stereocenters. The minimum atomic E-state index is -3.14. The summed E-state index contributed by atoms with van der Waals surface area (Å²) in [6, 6.07) is 6.61.